The Balaban J connectivity index is 1.80. The largest absolute Gasteiger partial charge is 0.328 e. The molecule has 2 N–H and O–H groups in total. The number of anilines is 1. The van der Waals surface area contributed by atoms with Crippen molar-refractivity contribution in [3.63, 3.8) is 0 Å². The van der Waals surface area contributed by atoms with Crippen LogP contribution in [0.3, 0.4) is 0 Å². The van der Waals surface area contributed by atoms with Crippen LogP contribution in [0.2, 0.25) is 0 Å². The van der Waals surface area contributed by atoms with Crippen LogP contribution < -0.4 is 16.6 Å². The molecule has 3 aromatic rings. The van der Waals surface area contributed by atoms with Gasteiger partial charge in [-0.2, -0.15) is 0 Å². The fraction of sp³-hybridized carbons (Fsp3) is 0.0625. The Labute approximate surface area is 138 Å². The van der Waals surface area contributed by atoms with Gasteiger partial charge in [0, 0.05) is 22.4 Å². The minimum atomic E-state index is -0.616. The molecule has 1 amide bonds. The van der Waals surface area contributed by atoms with Crippen LogP contribution in [0.4, 0.5) is 5.69 Å². The molecule has 3 rings (SSSR count). The van der Waals surface area contributed by atoms with E-state index in [9.17, 15) is 14.4 Å². The standard InChI is InChI=1S/C16H12BrN3O3/c17-13-3-1-2-10-8-11(4-5-12(10)13)18-15(22)9-20-7-6-14(21)19-16(20)23/h1-8H,9H2,(H,18,22)(H,19,21,23). The molecular formula is C16H12BrN3O3. The molecule has 0 saturated heterocycles. The predicted octanol–water partition coefficient (Wildman–Crippen LogP) is 2.09. The molecule has 0 aliphatic carbocycles. The van der Waals surface area contributed by atoms with Gasteiger partial charge in [0.15, 0.2) is 0 Å². The second-order valence-electron chi connectivity index (χ2n) is 4.96. The van der Waals surface area contributed by atoms with Gasteiger partial charge in [-0.1, -0.05) is 34.1 Å². The lowest BCUT2D eigenvalue weighted by Gasteiger charge is -2.08. The van der Waals surface area contributed by atoms with E-state index in [1.807, 2.05) is 30.3 Å². The predicted molar refractivity (Wildman–Crippen MR) is 91.6 cm³/mol. The van der Waals surface area contributed by atoms with Crippen molar-refractivity contribution in [3.8, 4) is 0 Å². The molecule has 1 heterocycles. The summed E-state index contributed by atoms with van der Waals surface area (Å²) in [5.74, 6) is -0.353. The molecule has 7 heteroatoms. The highest BCUT2D eigenvalue weighted by Crippen LogP contribution is 2.26. The van der Waals surface area contributed by atoms with Crippen molar-refractivity contribution in [2.45, 2.75) is 6.54 Å². The molecule has 0 aliphatic rings. The number of nitrogens with zero attached hydrogens (tertiary/aromatic N) is 1. The smallest absolute Gasteiger partial charge is 0.325 e. The molecular weight excluding hydrogens is 362 g/mol. The first-order valence-corrected chi connectivity index (χ1v) is 7.60. The minimum absolute atomic E-state index is 0.174. The average Bonchev–Trinajstić information content (AvgIpc) is 2.50. The molecule has 0 bridgehead atoms. The van der Waals surface area contributed by atoms with Gasteiger partial charge in [-0.15, -0.1) is 0 Å². The number of benzene rings is 2. The van der Waals surface area contributed by atoms with E-state index in [1.54, 1.807) is 6.07 Å². The van der Waals surface area contributed by atoms with Crippen molar-refractivity contribution in [1.29, 1.82) is 0 Å². The van der Waals surface area contributed by atoms with Crippen molar-refractivity contribution < 1.29 is 4.79 Å². The van der Waals surface area contributed by atoms with E-state index in [0.717, 1.165) is 19.8 Å². The van der Waals surface area contributed by atoms with Gasteiger partial charge in [0.2, 0.25) is 5.91 Å². The Bertz CT molecular complexity index is 1010. The van der Waals surface area contributed by atoms with Crippen LogP contribution in [-0.2, 0) is 11.3 Å². The van der Waals surface area contributed by atoms with Gasteiger partial charge in [-0.3, -0.25) is 19.1 Å². The molecule has 6 nitrogen and oxygen atoms in total. The van der Waals surface area contributed by atoms with Crippen molar-refractivity contribution in [1.82, 2.24) is 9.55 Å². The highest BCUT2D eigenvalue weighted by atomic mass is 79.9. The van der Waals surface area contributed by atoms with Crippen LogP contribution >= 0.6 is 15.9 Å². The van der Waals surface area contributed by atoms with E-state index in [2.05, 4.69) is 26.2 Å². The van der Waals surface area contributed by atoms with E-state index in [0.29, 0.717) is 5.69 Å². The number of carbonyl (C=O) groups is 1. The second-order valence-corrected chi connectivity index (χ2v) is 5.82. The number of rotatable bonds is 3. The van der Waals surface area contributed by atoms with E-state index < -0.39 is 11.2 Å². The third kappa shape index (κ3) is 3.40. The summed E-state index contributed by atoms with van der Waals surface area (Å²) in [6.45, 7) is -0.174. The quantitative estimate of drug-likeness (QED) is 0.737. The van der Waals surface area contributed by atoms with Crippen LogP contribution in [0, 0.1) is 0 Å². The Morgan fingerprint density at radius 2 is 2.00 bits per heavy atom. The molecule has 0 spiro atoms. The normalized spacial score (nSPS) is 10.7. The van der Waals surface area contributed by atoms with Gasteiger partial charge in [-0.25, -0.2) is 4.79 Å². The molecule has 2 aromatic carbocycles. The second kappa shape index (κ2) is 6.21. The Morgan fingerprint density at radius 3 is 2.78 bits per heavy atom. The van der Waals surface area contributed by atoms with E-state index in [4.69, 9.17) is 0 Å². The van der Waals surface area contributed by atoms with E-state index >= 15 is 0 Å². The Kier molecular flexibility index (Phi) is 4.12. The van der Waals surface area contributed by atoms with Gasteiger partial charge in [0.1, 0.15) is 6.54 Å². The number of halogens is 1. The molecule has 0 atom stereocenters. The Morgan fingerprint density at radius 1 is 1.17 bits per heavy atom. The minimum Gasteiger partial charge on any atom is -0.325 e. The number of hydrogen-bond acceptors (Lipinski definition) is 3. The molecule has 0 aliphatic heterocycles. The maximum absolute atomic E-state index is 12.0. The maximum Gasteiger partial charge on any atom is 0.328 e. The lowest BCUT2D eigenvalue weighted by Crippen LogP contribution is -2.32. The van der Waals surface area contributed by atoms with Gasteiger partial charge in [0.25, 0.3) is 5.56 Å². The summed E-state index contributed by atoms with van der Waals surface area (Å²) in [6, 6.07) is 12.6. The molecule has 1 aromatic heterocycles. The average molecular weight is 374 g/mol. The fourth-order valence-corrected chi connectivity index (χ4v) is 2.76. The number of aromatic amines is 1. The lowest BCUT2D eigenvalue weighted by molar-refractivity contribution is -0.116. The van der Waals surface area contributed by atoms with Gasteiger partial charge >= 0.3 is 5.69 Å². The summed E-state index contributed by atoms with van der Waals surface area (Å²) in [4.78, 5) is 36.7. The van der Waals surface area contributed by atoms with Crippen LogP contribution in [0.15, 0.2) is 62.7 Å². The number of hydrogen-bond donors (Lipinski definition) is 2. The highest BCUT2D eigenvalue weighted by Gasteiger charge is 2.06. The summed E-state index contributed by atoms with van der Waals surface area (Å²) in [5.41, 5.74) is -0.472. The van der Waals surface area contributed by atoms with Crippen molar-refractivity contribution in [2.75, 3.05) is 5.32 Å². The van der Waals surface area contributed by atoms with Crippen LogP contribution in [0.1, 0.15) is 0 Å². The van der Waals surface area contributed by atoms with E-state index in [-0.39, 0.29) is 12.5 Å². The number of amides is 1. The Hall–Kier alpha value is -2.67. The maximum atomic E-state index is 12.0. The van der Waals surface area contributed by atoms with E-state index in [1.165, 1.54) is 12.3 Å². The zero-order valence-electron chi connectivity index (χ0n) is 11.9. The van der Waals surface area contributed by atoms with Crippen LogP contribution in [0.5, 0.6) is 0 Å². The summed E-state index contributed by atoms with van der Waals surface area (Å²) in [7, 11) is 0. The summed E-state index contributed by atoms with van der Waals surface area (Å²) in [6.07, 6.45) is 1.29. The molecule has 116 valence electrons. The molecule has 0 radical (unpaired) electrons. The van der Waals surface area contributed by atoms with Crippen LogP contribution in [0.25, 0.3) is 10.8 Å². The number of aromatic nitrogens is 2. The van der Waals surface area contributed by atoms with Gasteiger partial charge < -0.3 is 5.32 Å². The van der Waals surface area contributed by atoms with Crippen molar-refractivity contribution in [3.05, 3.63) is 74.0 Å². The zero-order valence-corrected chi connectivity index (χ0v) is 13.5. The third-order valence-corrected chi connectivity index (χ3v) is 4.01. The SMILES string of the molecule is O=C(Cn1ccc(=O)[nH]c1=O)Nc1ccc2c(Br)cccc2c1. The first kappa shape index (κ1) is 15.2. The number of carbonyl (C=O) groups excluding carboxylic acids is 1. The van der Waals surface area contributed by atoms with Gasteiger partial charge in [0.05, 0.1) is 0 Å². The molecule has 23 heavy (non-hydrogen) atoms. The first-order valence-electron chi connectivity index (χ1n) is 6.81. The van der Waals surface area contributed by atoms with Crippen molar-refractivity contribution >= 4 is 38.3 Å². The highest BCUT2D eigenvalue weighted by molar-refractivity contribution is 9.10. The number of fused-ring (bicyclic) bond motifs is 1. The molecule has 0 fully saturated rings. The molecule has 0 unspecified atom stereocenters. The lowest BCUT2D eigenvalue weighted by atomic mass is 10.1. The molecule has 0 saturated carbocycles. The van der Waals surface area contributed by atoms with Crippen LogP contribution in [-0.4, -0.2) is 15.5 Å². The number of H-pyrrole nitrogens is 1. The summed E-state index contributed by atoms with van der Waals surface area (Å²) < 4.78 is 2.11. The monoisotopic (exact) mass is 373 g/mol. The van der Waals surface area contributed by atoms with Crippen molar-refractivity contribution in [2.24, 2.45) is 0 Å². The third-order valence-electron chi connectivity index (χ3n) is 3.32. The summed E-state index contributed by atoms with van der Waals surface area (Å²) in [5, 5.41) is 4.77. The van der Waals surface area contributed by atoms with Gasteiger partial charge in [-0.05, 0) is 29.0 Å². The fourth-order valence-electron chi connectivity index (χ4n) is 2.25. The first-order chi connectivity index (χ1) is 11.0. The summed E-state index contributed by atoms with van der Waals surface area (Å²) >= 11 is 3.48. The number of nitrogens with one attached hydrogen (secondary N) is 2. The topological polar surface area (TPSA) is 84.0 Å². The zero-order chi connectivity index (χ0) is 16.4.